The summed E-state index contributed by atoms with van der Waals surface area (Å²) in [5.41, 5.74) is 3.50. The van der Waals surface area contributed by atoms with Crippen molar-refractivity contribution in [2.45, 2.75) is 38.5 Å². The molecule has 2 nitrogen and oxygen atoms in total. The van der Waals surface area contributed by atoms with Crippen LogP contribution in [0.15, 0.2) is 30.3 Å². The van der Waals surface area contributed by atoms with Crippen molar-refractivity contribution in [2.75, 3.05) is 12.8 Å². The van der Waals surface area contributed by atoms with E-state index in [9.17, 15) is 0 Å². The maximum absolute atomic E-state index is 4.56. The molecule has 3 heteroatoms. The van der Waals surface area contributed by atoms with E-state index in [2.05, 4.69) is 54.5 Å². The Hall–Kier alpha value is -1.06. The highest BCUT2D eigenvalue weighted by molar-refractivity contribution is 7.99. The third kappa shape index (κ3) is 3.74. The fourth-order valence-corrected chi connectivity index (χ4v) is 3.30. The number of benzene rings is 1. The number of pyridine rings is 1. The Morgan fingerprint density at radius 3 is 2.75 bits per heavy atom. The Balaban J connectivity index is 2.19. The molecule has 1 heterocycles. The van der Waals surface area contributed by atoms with E-state index in [0.717, 1.165) is 22.2 Å². The van der Waals surface area contributed by atoms with Crippen LogP contribution in [0.3, 0.4) is 0 Å². The lowest BCUT2D eigenvalue weighted by atomic mass is 10.1. The second kappa shape index (κ2) is 7.09. The van der Waals surface area contributed by atoms with Crippen molar-refractivity contribution in [2.24, 2.45) is 0 Å². The summed E-state index contributed by atoms with van der Waals surface area (Å²) in [4.78, 5) is 4.56. The highest BCUT2D eigenvalue weighted by Crippen LogP contribution is 2.25. The Kier molecular flexibility index (Phi) is 5.44. The van der Waals surface area contributed by atoms with Gasteiger partial charge in [0.2, 0.25) is 0 Å². The molecule has 0 radical (unpaired) electrons. The summed E-state index contributed by atoms with van der Waals surface area (Å²) >= 11 is 2.03. The van der Waals surface area contributed by atoms with E-state index in [4.69, 9.17) is 0 Å². The number of hydrogen-bond acceptors (Lipinski definition) is 3. The lowest BCUT2D eigenvalue weighted by Crippen LogP contribution is -2.19. The number of nitrogens with one attached hydrogen (secondary N) is 1. The van der Waals surface area contributed by atoms with Gasteiger partial charge in [-0.25, -0.2) is 0 Å². The van der Waals surface area contributed by atoms with Crippen molar-refractivity contribution in [1.29, 1.82) is 0 Å². The minimum absolute atomic E-state index is 0.403. The van der Waals surface area contributed by atoms with E-state index in [1.54, 1.807) is 0 Å². The fraction of sp³-hybridized carbons (Fsp3) is 0.471. The standard InChI is InChI=1S/C17H24N2S/c1-5-13(3)20-11-17(18-4)15-8-9-16-14(10-15)7-6-12(2)19-16/h6-10,13,17-18H,5,11H2,1-4H3. The van der Waals surface area contributed by atoms with Gasteiger partial charge in [-0.05, 0) is 44.2 Å². The topological polar surface area (TPSA) is 24.9 Å². The van der Waals surface area contributed by atoms with Crippen LogP contribution in [0, 0.1) is 6.92 Å². The highest BCUT2D eigenvalue weighted by atomic mass is 32.2. The van der Waals surface area contributed by atoms with Crippen LogP contribution in [-0.2, 0) is 0 Å². The van der Waals surface area contributed by atoms with Gasteiger partial charge in [0.1, 0.15) is 0 Å². The van der Waals surface area contributed by atoms with Crippen LogP contribution in [0.5, 0.6) is 0 Å². The number of aromatic nitrogens is 1. The van der Waals surface area contributed by atoms with Gasteiger partial charge in [-0.1, -0.05) is 26.0 Å². The second-order valence-electron chi connectivity index (χ2n) is 5.30. The fourth-order valence-electron chi connectivity index (χ4n) is 2.19. The molecular formula is C17H24N2S. The minimum Gasteiger partial charge on any atom is -0.312 e. The largest absolute Gasteiger partial charge is 0.312 e. The van der Waals surface area contributed by atoms with Crippen LogP contribution in [-0.4, -0.2) is 23.0 Å². The van der Waals surface area contributed by atoms with Crippen molar-refractivity contribution in [1.82, 2.24) is 10.3 Å². The molecular weight excluding hydrogens is 264 g/mol. The van der Waals surface area contributed by atoms with Gasteiger partial charge < -0.3 is 5.32 Å². The van der Waals surface area contributed by atoms with Gasteiger partial charge >= 0.3 is 0 Å². The smallest absolute Gasteiger partial charge is 0.0705 e. The SMILES string of the molecule is CCC(C)SCC(NC)c1ccc2nc(C)ccc2c1. The zero-order chi connectivity index (χ0) is 14.5. The third-order valence-corrected chi connectivity index (χ3v) is 5.15. The molecule has 0 aliphatic carbocycles. The summed E-state index contributed by atoms with van der Waals surface area (Å²) in [6.07, 6.45) is 1.22. The van der Waals surface area contributed by atoms with Crippen LogP contribution in [0.1, 0.15) is 37.6 Å². The molecule has 0 saturated heterocycles. The Bertz CT molecular complexity index is 568. The van der Waals surface area contributed by atoms with Gasteiger partial charge in [0, 0.05) is 28.1 Å². The Morgan fingerprint density at radius 2 is 2.05 bits per heavy atom. The zero-order valence-electron chi connectivity index (χ0n) is 12.8. The molecule has 1 aromatic heterocycles. The van der Waals surface area contributed by atoms with Gasteiger partial charge in [-0.15, -0.1) is 0 Å². The molecule has 1 aromatic carbocycles. The molecule has 0 aliphatic heterocycles. The molecule has 0 spiro atoms. The quantitative estimate of drug-likeness (QED) is 0.856. The maximum atomic E-state index is 4.56. The molecule has 2 aromatic rings. The molecule has 1 N–H and O–H groups in total. The lowest BCUT2D eigenvalue weighted by Gasteiger charge is -2.19. The third-order valence-electron chi connectivity index (χ3n) is 3.73. The number of aryl methyl sites for hydroxylation is 1. The van der Waals surface area contributed by atoms with Crippen LogP contribution >= 0.6 is 11.8 Å². The summed E-state index contributed by atoms with van der Waals surface area (Å²) in [5, 5.41) is 5.37. The first kappa shape index (κ1) is 15.3. The average Bonchev–Trinajstić information content (AvgIpc) is 2.47. The van der Waals surface area contributed by atoms with E-state index in [1.165, 1.54) is 17.4 Å². The molecule has 0 bridgehead atoms. The van der Waals surface area contributed by atoms with Crippen molar-refractivity contribution < 1.29 is 0 Å². The van der Waals surface area contributed by atoms with Crippen molar-refractivity contribution in [3.05, 3.63) is 41.6 Å². The molecule has 2 rings (SSSR count). The number of hydrogen-bond donors (Lipinski definition) is 1. The molecule has 0 amide bonds. The van der Waals surface area contributed by atoms with Gasteiger partial charge in [0.05, 0.1) is 5.52 Å². The van der Waals surface area contributed by atoms with E-state index >= 15 is 0 Å². The van der Waals surface area contributed by atoms with Crippen LogP contribution in [0.4, 0.5) is 0 Å². The predicted octanol–water partition coefficient (Wildman–Crippen LogP) is 4.34. The minimum atomic E-state index is 0.403. The zero-order valence-corrected chi connectivity index (χ0v) is 13.6. The highest BCUT2D eigenvalue weighted by Gasteiger charge is 2.12. The Labute approximate surface area is 126 Å². The van der Waals surface area contributed by atoms with Crippen LogP contribution in [0.2, 0.25) is 0 Å². The van der Waals surface area contributed by atoms with Gasteiger partial charge in [-0.3, -0.25) is 4.98 Å². The van der Waals surface area contributed by atoms with E-state index < -0.39 is 0 Å². The molecule has 108 valence electrons. The second-order valence-corrected chi connectivity index (χ2v) is 6.77. The molecule has 2 atom stereocenters. The van der Waals surface area contributed by atoms with E-state index in [1.807, 2.05) is 25.7 Å². The summed E-state index contributed by atoms with van der Waals surface area (Å²) in [7, 11) is 2.04. The number of nitrogens with zero attached hydrogens (tertiary/aromatic N) is 1. The number of fused-ring (bicyclic) bond motifs is 1. The first-order valence-corrected chi connectivity index (χ1v) is 8.35. The molecule has 0 aliphatic rings. The monoisotopic (exact) mass is 288 g/mol. The normalized spacial score (nSPS) is 14.4. The van der Waals surface area contributed by atoms with Crippen molar-refractivity contribution >= 4 is 22.7 Å². The van der Waals surface area contributed by atoms with Gasteiger partial charge in [0.15, 0.2) is 0 Å². The van der Waals surface area contributed by atoms with E-state index in [-0.39, 0.29) is 0 Å². The average molecular weight is 288 g/mol. The summed E-state index contributed by atoms with van der Waals surface area (Å²) in [6.45, 7) is 6.58. The lowest BCUT2D eigenvalue weighted by molar-refractivity contribution is 0.661. The molecule has 2 unspecified atom stereocenters. The van der Waals surface area contributed by atoms with Crippen LogP contribution < -0.4 is 5.32 Å². The number of thioether (sulfide) groups is 1. The van der Waals surface area contributed by atoms with Crippen molar-refractivity contribution in [3.63, 3.8) is 0 Å². The first-order valence-electron chi connectivity index (χ1n) is 7.30. The summed E-state index contributed by atoms with van der Waals surface area (Å²) in [5.74, 6) is 1.11. The molecule has 20 heavy (non-hydrogen) atoms. The predicted molar refractivity (Wildman–Crippen MR) is 90.5 cm³/mol. The number of rotatable bonds is 6. The molecule has 0 saturated carbocycles. The first-order chi connectivity index (χ1) is 9.63. The Morgan fingerprint density at radius 1 is 1.25 bits per heavy atom. The van der Waals surface area contributed by atoms with E-state index in [0.29, 0.717) is 6.04 Å². The molecule has 0 fully saturated rings. The van der Waals surface area contributed by atoms with Gasteiger partial charge in [-0.2, -0.15) is 11.8 Å². The van der Waals surface area contributed by atoms with Gasteiger partial charge in [0.25, 0.3) is 0 Å². The maximum Gasteiger partial charge on any atom is 0.0705 e. The van der Waals surface area contributed by atoms with Crippen molar-refractivity contribution in [3.8, 4) is 0 Å². The summed E-state index contributed by atoms with van der Waals surface area (Å²) in [6, 6.07) is 11.2. The van der Waals surface area contributed by atoms with Crippen LogP contribution in [0.25, 0.3) is 10.9 Å². The summed E-state index contributed by atoms with van der Waals surface area (Å²) < 4.78 is 0.